The van der Waals surface area contributed by atoms with Crippen LogP contribution in [-0.4, -0.2) is 70.9 Å². The van der Waals surface area contributed by atoms with Crippen molar-refractivity contribution < 1.29 is 19.4 Å². The fourth-order valence-electron chi connectivity index (χ4n) is 4.89. The number of carboxylic acid groups (broad SMARTS) is 1. The van der Waals surface area contributed by atoms with E-state index in [4.69, 9.17) is 4.74 Å². The molecular formula is C35H40N4O4. The van der Waals surface area contributed by atoms with Crippen LogP contribution in [0.1, 0.15) is 55.4 Å². The van der Waals surface area contributed by atoms with Gasteiger partial charge in [-0.05, 0) is 70.0 Å². The summed E-state index contributed by atoms with van der Waals surface area (Å²) in [6, 6.07) is 23.1. The van der Waals surface area contributed by atoms with Crippen LogP contribution in [0.5, 0.6) is 5.75 Å². The van der Waals surface area contributed by atoms with E-state index in [1.54, 1.807) is 20.2 Å². The van der Waals surface area contributed by atoms with Crippen molar-refractivity contribution in [3.05, 3.63) is 107 Å². The van der Waals surface area contributed by atoms with Crippen LogP contribution in [-0.2, 0) is 4.79 Å². The van der Waals surface area contributed by atoms with Gasteiger partial charge in [0.05, 0.1) is 18.3 Å². The van der Waals surface area contributed by atoms with Crippen molar-refractivity contribution in [2.24, 2.45) is 0 Å². The van der Waals surface area contributed by atoms with Crippen molar-refractivity contribution in [1.29, 1.82) is 0 Å². The zero-order chi connectivity index (χ0) is 30.9. The second kappa shape index (κ2) is 14.4. The maximum Gasteiger partial charge on any atom is 0.407 e. The number of hydrogen-bond donors (Lipinski definition) is 2. The molecule has 2 amide bonds. The van der Waals surface area contributed by atoms with Crippen LogP contribution in [0.4, 0.5) is 4.79 Å². The molecule has 1 heterocycles. The number of H-pyrrole nitrogens is 1. The van der Waals surface area contributed by atoms with E-state index < -0.39 is 6.09 Å². The highest BCUT2D eigenvalue weighted by Gasteiger charge is 2.15. The largest absolute Gasteiger partial charge is 0.492 e. The topological polar surface area (TPSA) is 98.8 Å². The minimum absolute atomic E-state index is 0.102. The summed E-state index contributed by atoms with van der Waals surface area (Å²) >= 11 is 0. The third-order valence-electron chi connectivity index (χ3n) is 7.38. The van der Waals surface area contributed by atoms with Gasteiger partial charge in [0.1, 0.15) is 12.4 Å². The molecule has 1 aromatic heterocycles. The minimum atomic E-state index is -1.07. The lowest BCUT2D eigenvalue weighted by Crippen LogP contribution is -2.33. The van der Waals surface area contributed by atoms with Crippen LogP contribution in [0.2, 0.25) is 0 Å². The summed E-state index contributed by atoms with van der Waals surface area (Å²) in [7, 11) is 3.29. The smallest absolute Gasteiger partial charge is 0.407 e. The maximum absolute atomic E-state index is 11.7. The lowest BCUT2D eigenvalue weighted by molar-refractivity contribution is -0.123. The Labute approximate surface area is 253 Å². The van der Waals surface area contributed by atoms with Gasteiger partial charge >= 0.3 is 6.09 Å². The number of likely N-dealkylation sites (N-methyl/N-ethyl adjacent to an activating group) is 1. The summed E-state index contributed by atoms with van der Waals surface area (Å²) in [5.74, 6) is 0.917. The van der Waals surface area contributed by atoms with Crippen molar-refractivity contribution >= 4 is 34.0 Å². The quantitative estimate of drug-likeness (QED) is 0.138. The molecule has 8 nitrogen and oxygen atoms in total. The number of carbonyl (C=O) groups excluding carboxylic acids is 1. The van der Waals surface area contributed by atoms with Gasteiger partial charge in [0, 0.05) is 32.1 Å². The van der Waals surface area contributed by atoms with E-state index in [-0.39, 0.29) is 25.6 Å². The number of aromatic amines is 1. The zero-order valence-corrected chi connectivity index (χ0v) is 25.5. The summed E-state index contributed by atoms with van der Waals surface area (Å²) in [6.45, 7) is 7.03. The molecule has 0 fully saturated rings. The number of nitrogens with one attached hydrogen (secondary N) is 1. The molecule has 0 saturated heterocycles. The van der Waals surface area contributed by atoms with E-state index in [2.05, 4.69) is 73.4 Å². The molecule has 0 saturated carbocycles. The van der Waals surface area contributed by atoms with Crippen molar-refractivity contribution in [2.45, 2.75) is 33.1 Å². The van der Waals surface area contributed by atoms with Gasteiger partial charge in [0.2, 0.25) is 5.91 Å². The predicted molar refractivity (Wildman–Crippen MR) is 172 cm³/mol. The Hall–Kier alpha value is -4.85. The molecule has 0 spiro atoms. The van der Waals surface area contributed by atoms with Gasteiger partial charge in [-0.2, -0.15) is 5.10 Å². The molecule has 0 aliphatic rings. The van der Waals surface area contributed by atoms with Gasteiger partial charge in [-0.3, -0.25) is 9.89 Å². The standard InChI is InChI=1S/C35H40N4O4/c1-6-31(26-11-9-25(10-12-26)24(2)3)34(28-15-18-32-29(22-28)23-36-37-32)27-13-16-30(17-14-27)43-21-20-39(35(41)42)19-7-8-33(40)38(4)5/h7-18,22-24H,6,19-21H2,1-5H3,(H,36,37)(H,41,42). The molecule has 0 radical (unpaired) electrons. The molecule has 3 aromatic carbocycles. The highest BCUT2D eigenvalue weighted by molar-refractivity contribution is 6.00. The molecule has 4 aromatic rings. The Morgan fingerprint density at radius 3 is 2.28 bits per heavy atom. The summed E-state index contributed by atoms with van der Waals surface area (Å²) < 4.78 is 5.91. The number of amides is 2. The van der Waals surface area contributed by atoms with Crippen LogP contribution in [0.3, 0.4) is 0 Å². The van der Waals surface area contributed by atoms with E-state index in [9.17, 15) is 14.7 Å². The third kappa shape index (κ3) is 7.92. The maximum atomic E-state index is 11.7. The second-order valence-electron chi connectivity index (χ2n) is 10.9. The molecule has 0 aliphatic carbocycles. The molecule has 8 heteroatoms. The average Bonchev–Trinajstić information content (AvgIpc) is 3.47. The first-order chi connectivity index (χ1) is 20.7. The van der Waals surface area contributed by atoms with E-state index in [1.807, 2.05) is 30.5 Å². The number of nitrogens with zero attached hydrogens (tertiary/aromatic N) is 3. The highest BCUT2D eigenvalue weighted by Crippen LogP contribution is 2.36. The number of ether oxygens (including phenoxy) is 1. The normalized spacial score (nSPS) is 12.0. The molecule has 43 heavy (non-hydrogen) atoms. The lowest BCUT2D eigenvalue weighted by Gasteiger charge is -2.19. The molecule has 0 bridgehead atoms. The first-order valence-corrected chi connectivity index (χ1v) is 14.5. The van der Waals surface area contributed by atoms with Crippen molar-refractivity contribution in [2.75, 3.05) is 33.8 Å². The second-order valence-corrected chi connectivity index (χ2v) is 10.9. The first-order valence-electron chi connectivity index (χ1n) is 14.5. The first kappa shape index (κ1) is 31.1. The minimum Gasteiger partial charge on any atom is -0.492 e. The van der Waals surface area contributed by atoms with Crippen molar-refractivity contribution in [3.8, 4) is 5.75 Å². The number of benzene rings is 3. The van der Waals surface area contributed by atoms with Gasteiger partial charge in [0.15, 0.2) is 0 Å². The molecule has 0 unspecified atom stereocenters. The van der Waals surface area contributed by atoms with Crippen molar-refractivity contribution in [3.63, 3.8) is 0 Å². The van der Waals surface area contributed by atoms with E-state index in [0.717, 1.165) is 34.0 Å². The van der Waals surface area contributed by atoms with E-state index >= 15 is 0 Å². The number of rotatable bonds is 12. The Morgan fingerprint density at radius 1 is 0.977 bits per heavy atom. The van der Waals surface area contributed by atoms with Crippen LogP contribution in [0.15, 0.2) is 85.1 Å². The van der Waals surface area contributed by atoms with Gasteiger partial charge in [-0.15, -0.1) is 0 Å². The van der Waals surface area contributed by atoms with Gasteiger partial charge in [-0.25, -0.2) is 4.79 Å². The SMILES string of the molecule is CCC(=C(c1ccc(OCCN(CC=CC(=O)N(C)C)C(=O)O)cc1)c1ccc2[nH]ncc2c1)c1ccc(C(C)C)cc1. The summed E-state index contributed by atoms with van der Waals surface area (Å²) in [4.78, 5) is 26.0. The highest BCUT2D eigenvalue weighted by atomic mass is 16.5. The van der Waals surface area contributed by atoms with Gasteiger partial charge in [0.25, 0.3) is 0 Å². The Morgan fingerprint density at radius 2 is 1.65 bits per heavy atom. The Bertz CT molecular complexity index is 1600. The van der Waals surface area contributed by atoms with E-state index in [0.29, 0.717) is 11.7 Å². The number of carbonyl (C=O) groups is 2. The van der Waals surface area contributed by atoms with Crippen LogP contribution >= 0.6 is 0 Å². The summed E-state index contributed by atoms with van der Waals surface area (Å²) in [5, 5.41) is 17.8. The van der Waals surface area contributed by atoms with Crippen LogP contribution in [0, 0.1) is 0 Å². The Balaban J connectivity index is 1.58. The molecule has 224 valence electrons. The molecule has 4 rings (SSSR count). The molecule has 2 N–H and O–H groups in total. The fourth-order valence-corrected chi connectivity index (χ4v) is 4.89. The lowest BCUT2D eigenvalue weighted by atomic mass is 9.87. The summed E-state index contributed by atoms with van der Waals surface area (Å²) in [6.07, 6.45) is 4.53. The number of hydrogen-bond acceptors (Lipinski definition) is 4. The zero-order valence-electron chi connectivity index (χ0n) is 25.5. The van der Waals surface area contributed by atoms with Gasteiger partial charge in [-0.1, -0.05) is 69.3 Å². The molecule has 0 aliphatic heterocycles. The molecular weight excluding hydrogens is 540 g/mol. The third-order valence-corrected chi connectivity index (χ3v) is 7.38. The van der Waals surface area contributed by atoms with Gasteiger partial charge < -0.3 is 19.6 Å². The van der Waals surface area contributed by atoms with E-state index in [1.165, 1.54) is 32.6 Å². The summed E-state index contributed by atoms with van der Waals surface area (Å²) in [5.41, 5.74) is 8.02. The number of allylic oxidation sites excluding steroid dienone is 1. The molecule has 0 atom stereocenters. The predicted octanol–water partition coefficient (Wildman–Crippen LogP) is 7.06. The van der Waals surface area contributed by atoms with Crippen LogP contribution < -0.4 is 4.74 Å². The number of aromatic nitrogens is 2. The van der Waals surface area contributed by atoms with Crippen molar-refractivity contribution in [1.82, 2.24) is 20.0 Å². The average molecular weight is 581 g/mol. The van der Waals surface area contributed by atoms with Crippen LogP contribution in [0.25, 0.3) is 22.0 Å². The fraction of sp³-hybridized carbons (Fsp3) is 0.286. The number of fused-ring (bicyclic) bond motifs is 1. The Kier molecular flexibility index (Phi) is 10.4. The monoisotopic (exact) mass is 580 g/mol.